The number of anilines is 1. The van der Waals surface area contributed by atoms with Crippen LogP contribution in [0.5, 0.6) is 0 Å². The Balaban J connectivity index is 1.76. The zero-order valence-electron chi connectivity index (χ0n) is 13.5. The van der Waals surface area contributed by atoms with Crippen LogP contribution in [-0.4, -0.2) is 31.2 Å². The van der Waals surface area contributed by atoms with E-state index in [2.05, 4.69) is 43.5 Å². The lowest BCUT2D eigenvalue weighted by atomic mass is 10.2. The molecule has 2 N–H and O–H groups in total. The van der Waals surface area contributed by atoms with Gasteiger partial charge in [0.15, 0.2) is 5.82 Å². The summed E-state index contributed by atoms with van der Waals surface area (Å²) in [6.45, 7) is 6.09. The Labute approximate surface area is 135 Å². The highest BCUT2D eigenvalue weighted by molar-refractivity contribution is 5.56. The summed E-state index contributed by atoms with van der Waals surface area (Å²) in [5.41, 5.74) is 3.95. The molecule has 0 amide bonds. The summed E-state index contributed by atoms with van der Waals surface area (Å²) < 4.78 is 0. The summed E-state index contributed by atoms with van der Waals surface area (Å²) in [4.78, 5) is 13.2. The number of hydrogen-bond donors (Lipinski definition) is 2. The molecule has 0 saturated heterocycles. The van der Waals surface area contributed by atoms with Crippen molar-refractivity contribution in [3.05, 3.63) is 53.7 Å². The highest BCUT2D eigenvalue weighted by Gasteiger charge is 2.10. The third-order valence-corrected chi connectivity index (χ3v) is 3.44. The average molecular weight is 308 g/mol. The van der Waals surface area contributed by atoms with Crippen LogP contribution in [0.1, 0.15) is 24.0 Å². The van der Waals surface area contributed by atoms with E-state index in [0.717, 1.165) is 34.9 Å². The standard InChI is InChI=1S/C17H20N6/c1-11(7-15-8-13(3)22-23-15)19-16-9-12(2)20-17(21-16)14-5-4-6-18-10-14/h4-6,8-11H,7H2,1-3H3,(H,22,23)(H,19,20,21). The van der Waals surface area contributed by atoms with Gasteiger partial charge in [-0.2, -0.15) is 5.10 Å². The van der Waals surface area contributed by atoms with Gasteiger partial charge in [-0.3, -0.25) is 10.1 Å². The largest absolute Gasteiger partial charge is 0.367 e. The number of aryl methyl sites for hydroxylation is 2. The van der Waals surface area contributed by atoms with E-state index < -0.39 is 0 Å². The molecule has 0 spiro atoms. The molecular formula is C17H20N6. The van der Waals surface area contributed by atoms with Crippen molar-refractivity contribution in [2.24, 2.45) is 0 Å². The van der Waals surface area contributed by atoms with Crippen molar-refractivity contribution in [3.8, 4) is 11.4 Å². The molecule has 0 fully saturated rings. The smallest absolute Gasteiger partial charge is 0.163 e. The first kappa shape index (κ1) is 15.1. The van der Waals surface area contributed by atoms with Crippen LogP contribution in [0.25, 0.3) is 11.4 Å². The van der Waals surface area contributed by atoms with Crippen molar-refractivity contribution >= 4 is 5.82 Å². The molecule has 0 aliphatic rings. The molecule has 6 nitrogen and oxygen atoms in total. The lowest BCUT2D eigenvalue weighted by Crippen LogP contribution is -2.19. The van der Waals surface area contributed by atoms with Crippen LogP contribution >= 0.6 is 0 Å². The van der Waals surface area contributed by atoms with Gasteiger partial charge in [-0.05, 0) is 39.0 Å². The van der Waals surface area contributed by atoms with E-state index >= 15 is 0 Å². The molecule has 0 aromatic carbocycles. The Hall–Kier alpha value is -2.76. The normalized spacial score (nSPS) is 12.1. The van der Waals surface area contributed by atoms with Crippen molar-refractivity contribution in [1.82, 2.24) is 25.1 Å². The predicted octanol–water partition coefficient (Wildman–Crippen LogP) is 2.92. The monoisotopic (exact) mass is 308 g/mol. The maximum atomic E-state index is 4.60. The zero-order valence-corrected chi connectivity index (χ0v) is 13.5. The van der Waals surface area contributed by atoms with Crippen molar-refractivity contribution in [1.29, 1.82) is 0 Å². The molecule has 3 rings (SSSR count). The van der Waals surface area contributed by atoms with Crippen LogP contribution in [-0.2, 0) is 6.42 Å². The molecule has 118 valence electrons. The maximum absolute atomic E-state index is 4.60. The van der Waals surface area contributed by atoms with E-state index in [0.29, 0.717) is 5.82 Å². The van der Waals surface area contributed by atoms with Crippen molar-refractivity contribution < 1.29 is 0 Å². The second-order valence-corrected chi connectivity index (χ2v) is 5.75. The average Bonchev–Trinajstić information content (AvgIpc) is 2.92. The molecule has 3 aromatic rings. The van der Waals surface area contributed by atoms with E-state index in [1.54, 1.807) is 12.4 Å². The summed E-state index contributed by atoms with van der Waals surface area (Å²) in [7, 11) is 0. The van der Waals surface area contributed by atoms with Crippen molar-refractivity contribution in [3.63, 3.8) is 0 Å². The first-order valence-electron chi connectivity index (χ1n) is 7.63. The number of H-pyrrole nitrogens is 1. The number of nitrogens with zero attached hydrogens (tertiary/aromatic N) is 4. The predicted molar refractivity (Wildman–Crippen MR) is 90.1 cm³/mol. The van der Waals surface area contributed by atoms with E-state index in [-0.39, 0.29) is 6.04 Å². The number of aromatic amines is 1. The summed E-state index contributed by atoms with van der Waals surface area (Å²) >= 11 is 0. The Bertz CT molecular complexity index is 781. The second-order valence-electron chi connectivity index (χ2n) is 5.75. The Morgan fingerprint density at radius 1 is 1.22 bits per heavy atom. The zero-order chi connectivity index (χ0) is 16.2. The van der Waals surface area contributed by atoms with E-state index in [4.69, 9.17) is 0 Å². The van der Waals surface area contributed by atoms with E-state index in [1.807, 2.05) is 32.0 Å². The fourth-order valence-corrected chi connectivity index (χ4v) is 2.46. The Morgan fingerprint density at radius 2 is 2.09 bits per heavy atom. The molecular weight excluding hydrogens is 288 g/mol. The van der Waals surface area contributed by atoms with Crippen LogP contribution in [0.15, 0.2) is 36.7 Å². The first-order valence-corrected chi connectivity index (χ1v) is 7.63. The number of hydrogen-bond acceptors (Lipinski definition) is 5. The minimum absolute atomic E-state index is 0.216. The third kappa shape index (κ3) is 3.91. The van der Waals surface area contributed by atoms with Gasteiger partial charge in [0, 0.05) is 47.9 Å². The van der Waals surface area contributed by atoms with Gasteiger partial charge in [0.1, 0.15) is 5.82 Å². The number of aromatic nitrogens is 5. The summed E-state index contributed by atoms with van der Waals surface area (Å²) in [5.74, 6) is 1.50. The van der Waals surface area contributed by atoms with Gasteiger partial charge in [-0.25, -0.2) is 9.97 Å². The Kier molecular flexibility index (Phi) is 4.32. The summed E-state index contributed by atoms with van der Waals surface area (Å²) in [6, 6.07) is 8.07. The van der Waals surface area contributed by atoms with Crippen LogP contribution in [0.2, 0.25) is 0 Å². The van der Waals surface area contributed by atoms with Crippen LogP contribution in [0.4, 0.5) is 5.82 Å². The molecule has 3 aromatic heterocycles. The van der Waals surface area contributed by atoms with Gasteiger partial charge in [0.25, 0.3) is 0 Å². The van der Waals surface area contributed by atoms with Crippen LogP contribution < -0.4 is 5.32 Å². The quantitative estimate of drug-likeness (QED) is 0.757. The molecule has 6 heteroatoms. The summed E-state index contributed by atoms with van der Waals surface area (Å²) in [5, 5.41) is 10.7. The van der Waals surface area contributed by atoms with Crippen molar-refractivity contribution in [2.75, 3.05) is 5.32 Å². The van der Waals surface area contributed by atoms with Gasteiger partial charge < -0.3 is 5.32 Å². The van der Waals surface area contributed by atoms with Crippen LogP contribution in [0, 0.1) is 13.8 Å². The van der Waals surface area contributed by atoms with Gasteiger partial charge in [-0.15, -0.1) is 0 Å². The number of rotatable bonds is 5. The van der Waals surface area contributed by atoms with Gasteiger partial charge in [0.2, 0.25) is 0 Å². The third-order valence-electron chi connectivity index (χ3n) is 3.44. The lowest BCUT2D eigenvalue weighted by molar-refractivity contribution is 0.759. The highest BCUT2D eigenvalue weighted by Crippen LogP contribution is 2.17. The molecule has 3 heterocycles. The Morgan fingerprint density at radius 3 is 2.78 bits per heavy atom. The minimum atomic E-state index is 0.216. The van der Waals surface area contributed by atoms with E-state index in [1.165, 1.54) is 0 Å². The molecule has 23 heavy (non-hydrogen) atoms. The van der Waals surface area contributed by atoms with E-state index in [9.17, 15) is 0 Å². The van der Waals surface area contributed by atoms with Crippen LogP contribution in [0.3, 0.4) is 0 Å². The second kappa shape index (κ2) is 6.56. The highest BCUT2D eigenvalue weighted by atomic mass is 15.1. The lowest BCUT2D eigenvalue weighted by Gasteiger charge is -2.14. The molecule has 1 atom stereocenters. The molecule has 0 bridgehead atoms. The molecule has 0 aliphatic heterocycles. The number of pyridine rings is 1. The minimum Gasteiger partial charge on any atom is -0.367 e. The topological polar surface area (TPSA) is 79.4 Å². The fraction of sp³-hybridized carbons (Fsp3) is 0.294. The van der Waals surface area contributed by atoms with Crippen molar-refractivity contribution in [2.45, 2.75) is 33.2 Å². The van der Waals surface area contributed by atoms with Gasteiger partial charge >= 0.3 is 0 Å². The first-order chi connectivity index (χ1) is 11.1. The van der Waals surface area contributed by atoms with Gasteiger partial charge in [-0.1, -0.05) is 0 Å². The molecule has 1 unspecified atom stereocenters. The van der Waals surface area contributed by atoms with Gasteiger partial charge in [0.05, 0.1) is 5.69 Å². The SMILES string of the molecule is Cc1cc(NC(C)Cc2cc(C)[nH]n2)nc(-c2cccnc2)n1. The number of nitrogens with one attached hydrogen (secondary N) is 2. The molecule has 0 saturated carbocycles. The summed E-state index contributed by atoms with van der Waals surface area (Å²) in [6.07, 6.45) is 4.34. The molecule has 0 radical (unpaired) electrons. The fourth-order valence-electron chi connectivity index (χ4n) is 2.46. The molecule has 0 aliphatic carbocycles. The maximum Gasteiger partial charge on any atom is 0.163 e.